The number of carbonyl (C=O) groups is 3. The van der Waals surface area contributed by atoms with Gasteiger partial charge in [0.2, 0.25) is 0 Å². The van der Waals surface area contributed by atoms with Crippen LogP contribution in [-0.2, 0) is 23.9 Å². The lowest BCUT2D eigenvalue weighted by molar-refractivity contribution is -0.153. The normalized spacial score (nSPS) is 22.9. The number of rotatable bonds is 7. The van der Waals surface area contributed by atoms with E-state index < -0.39 is 35.4 Å². The number of benzene rings is 1. The molecule has 3 rings (SSSR count). The molecule has 6 nitrogen and oxygen atoms in total. The van der Waals surface area contributed by atoms with E-state index in [0.717, 1.165) is 6.42 Å². The highest BCUT2D eigenvalue weighted by Crippen LogP contribution is 2.46. The quantitative estimate of drug-likeness (QED) is 0.503. The Hall–Kier alpha value is -2.96. The van der Waals surface area contributed by atoms with Gasteiger partial charge in [-0.15, -0.1) is 0 Å². The Labute approximate surface area is 187 Å². The minimum atomic E-state index is -0.970. The molecule has 0 saturated heterocycles. The van der Waals surface area contributed by atoms with E-state index in [9.17, 15) is 18.8 Å². The third-order valence-corrected chi connectivity index (χ3v) is 5.89. The van der Waals surface area contributed by atoms with Crippen molar-refractivity contribution in [3.8, 4) is 0 Å². The summed E-state index contributed by atoms with van der Waals surface area (Å²) in [4.78, 5) is 39.4. The van der Waals surface area contributed by atoms with Gasteiger partial charge in [0.1, 0.15) is 11.7 Å². The summed E-state index contributed by atoms with van der Waals surface area (Å²) in [5.74, 6) is -4.05. The molecule has 0 unspecified atom stereocenters. The van der Waals surface area contributed by atoms with Crippen molar-refractivity contribution in [1.82, 2.24) is 5.32 Å². The van der Waals surface area contributed by atoms with Crippen molar-refractivity contribution in [2.24, 2.45) is 11.8 Å². The van der Waals surface area contributed by atoms with Gasteiger partial charge in [0.15, 0.2) is 5.78 Å². The van der Waals surface area contributed by atoms with E-state index in [2.05, 4.69) is 5.32 Å². The number of hydrogen-bond donors (Lipinski definition) is 1. The second-order valence-corrected chi connectivity index (χ2v) is 8.14. The van der Waals surface area contributed by atoms with Crippen LogP contribution in [0.3, 0.4) is 0 Å². The highest BCUT2D eigenvalue weighted by Gasteiger charge is 2.47. The summed E-state index contributed by atoms with van der Waals surface area (Å²) >= 11 is 0. The zero-order valence-electron chi connectivity index (χ0n) is 19.0. The highest BCUT2D eigenvalue weighted by molar-refractivity contribution is 6.12. The van der Waals surface area contributed by atoms with E-state index in [4.69, 9.17) is 9.47 Å². The Morgan fingerprint density at radius 2 is 1.88 bits per heavy atom. The summed E-state index contributed by atoms with van der Waals surface area (Å²) in [5.41, 5.74) is 2.43. The van der Waals surface area contributed by atoms with Gasteiger partial charge in [0.25, 0.3) is 0 Å². The van der Waals surface area contributed by atoms with Crippen molar-refractivity contribution in [2.75, 3.05) is 13.2 Å². The Balaban J connectivity index is 2.21. The van der Waals surface area contributed by atoms with Crippen molar-refractivity contribution in [3.05, 3.63) is 58.2 Å². The number of dihydropyridines is 1. The first-order valence-electron chi connectivity index (χ1n) is 11.2. The zero-order valence-corrected chi connectivity index (χ0v) is 19.0. The number of allylic oxidation sites excluding steroid dienone is 3. The van der Waals surface area contributed by atoms with E-state index in [1.807, 2.05) is 13.8 Å². The third kappa shape index (κ3) is 4.47. The van der Waals surface area contributed by atoms with Crippen LogP contribution < -0.4 is 5.32 Å². The maximum absolute atomic E-state index is 14.2. The molecule has 1 N–H and O–H groups in total. The lowest BCUT2D eigenvalue weighted by Gasteiger charge is -2.39. The van der Waals surface area contributed by atoms with Crippen LogP contribution in [0.2, 0.25) is 0 Å². The molecule has 1 heterocycles. The number of hydrogen-bond acceptors (Lipinski definition) is 6. The predicted molar refractivity (Wildman–Crippen MR) is 117 cm³/mol. The largest absolute Gasteiger partial charge is 0.465 e. The van der Waals surface area contributed by atoms with Crippen molar-refractivity contribution in [2.45, 2.75) is 52.9 Å². The number of esters is 2. The summed E-state index contributed by atoms with van der Waals surface area (Å²) in [7, 11) is 0. The molecular weight excluding hydrogens is 413 g/mol. The summed E-state index contributed by atoms with van der Waals surface area (Å²) < 4.78 is 24.7. The maximum atomic E-state index is 14.2. The fraction of sp³-hybridized carbons (Fsp3) is 0.480. The van der Waals surface area contributed by atoms with Gasteiger partial charge in [0, 0.05) is 22.9 Å². The Kier molecular flexibility index (Phi) is 7.48. The van der Waals surface area contributed by atoms with Gasteiger partial charge < -0.3 is 14.8 Å². The van der Waals surface area contributed by atoms with Crippen LogP contribution in [0.15, 0.2) is 46.8 Å². The molecule has 7 heteroatoms. The second kappa shape index (κ2) is 10.1. The minimum Gasteiger partial charge on any atom is -0.465 e. The third-order valence-electron chi connectivity index (χ3n) is 5.89. The first-order chi connectivity index (χ1) is 15.3. The molecule has 0 aromatic heterocycles. The van der Waals surface area contributed by atoms with Gasteiger partial charge in [-0.25, -0.2) is 9.18 Å². The SMILES string of the molecule is CCCC1=C(C(=O)OCC)[C@H](c2cccc(F)c2)C2=C(C[C@H](C)[C@@H](C(=O)OCC)C2=O)N1. The molecule has 1 aliphatic heterocycles. The molecule has 172 valence electrons. The van der Waals surface area contributed by atoms with Gasteiger partial charge in [-0.3, -0.25) is 9.59 Å². The maximum Gasteiger partial charge on any atom is 0.336 e. The highest BCUT2D eigenvalue weighted by atomic mass is 19.1. The van der Waals surface area contributed by atoms with Gasteiger partial charge in [-0.2, -0.15) is 0 Å². The lowest BCUT2D eigenvalue weighted by Crippen LogP contribution is -2.43. The average molecular weight is 444 g/mol. The Morgan fingerprint density at radius 3 is 2.50 bits per heavy atom. The average Bonchev–Trinajstić information content (AvgIpc) is 2.73. The molecule has 3 atom stereocenters. The number of ketones is 1. The number of ether oxygens (including phenoxy) is 2. The molecule has 0 radical (unpaired) electrons. The van der Waals surface area contributed by atoms with Crippen LogP contribution in [-0.4, -0.2) is 30.9 Å². The summed E-state index contributed by atoms with van der Waals surface area (Å²) in [6.45, 7) is 7.56. The van der Waals surface area contributed by atoms with Crippen LogP contribution >= 0.6 is 0 Å². The van der Waals surface area contributed by atoms with E-state index in [1.54, 1.807) is 26.0 Å². The van der Waals surface area contributed by atoms with E-state index in [0.29, 0.717) is 40.9 Å². The topological polar surface area (TPSA) is 81.7 Å². The standard InChI is InChI=1S/C25H30FNO5/c1-5-9-17-22(25(30)32-7-3)20(15-10-8-11-16(26)13-15)21-18(27-17)12-14(4)19(23(21)28)24(29)31-6-2/h8,10-11,13-14,19-20,27H,5-7,9,12H2,1-4H3/t14-,19+,20+/m0/s1. The van der Waals surface area contributed by atoms with Gasteiger partial charge in [0.05, 0.1) is 18.8 Å². The monoisotopic (exact) mass is 443 g/mol. The molecular formula is C25H30FNO5. The molecule has 2 aliphatic rings. The number of Topliss-reactive ketones (excluding diaryl/α,β-unsaturated/α-hetero) is 1. The predicted octanol–water partition coefficient (Wildman–Crippen LogP) is 4.17. The lowest BCUT2D eigenvalue weighted by atomic mass is 9.69. The summed E-state index contributed by atoms with van der Waals surface area (Å²) in [6.07, 6.45) is 1.78. The molecule has 1 aliphatic carbocycles. The van der Waals surface area contributed by atoms with Crippen molar-refractivity contribution < 1.29 is 28.2 Å². The molecule has 1 aromatic carbocycles. The Morgan fingerprint density at radius 1 is 1.16 bits per heavy atom. The zero-order chi connectivity index (χ0) is 23.4. The molecule has 1 aromatic rings. The van der Waals surface area contributed by atoms with Gasteiger partial charge in [-0.1, -0.05) is 32.4 Å². The summed E-state index contributed by atoms with van der Waals surface area (Å²) in [5, 5.41) is 3.30. The van der Waals surface area contributed by atoms with Gasteiger partial charge >= 0.3 is 11.9 Å². The van der Waals surface area contributed by atoms with Crippen molar-refractivity contribution >= 4 is 17.7 Å². The second-order valence-electron chi connectivity index (χ2n) is 8.14. The fourth-order valence-electron chi connectivity index (χ4n) is 4.62. The first-order valence-corrected chi connectivity index (χ1v) is 11.2. The smallest absolute Gasteiger partial charge is 0.336 e. The molecule has 0 saturated carbocycles. The fourth-order valence-corrected chi connectivity index (χ4v) is 4.62. The van der Waals surface area contributed by atoms with Crippen LogP contribution in [0.4, 0.5) is 4.39 Å². The van der Waals surface area contributed by atoms with Crippen molar-refractivity contribution in [3.63, 3.8) is 0 Å². The minimum absolute atomic E-state index is 0.167. The molecule has 0 fully saturated rings. The van der Waals surface area contributed by atoms with Crippen LogP contribution in [0, 0.1) is 17.7 Å². The van der Waals surface area contributed by atoms with Crippen molar-refractivity contribution in [1.29, 1.82) is 0 Å². The van der Waals surface area contributed by atoms with E-state index in [1.165, 1.54) is 12.1 Å². The first kappa shape index (κ1) is 23.7. The molecule has 32 heavy (non-hydrogen) atoms. The Bertz CT molecular complexity index is 980. The number of carbonyl (C=O) groups excluding carboxylic acids is 3. The van der Waals surface area contributed by atoms with E-state index >= 15 is 0 Å². The molecule has 0 amide bonds. The molecule has 0 bridgehead atoms. The number of nitrogens with one attached hydrogen (secondary N) is 1. The number of halogens is 1. The van der Waals surface area contributed by atoms with Crippen LogP contribution in [0.5, 0.6) is 0 Å². The summed E-state index contributed by atoms with van der Waals surface area (Å²) in [6, 6.07) is 5.88. The molecule has 0 spiro atoms. The van der Waals surface area contributed by atoms with E-state index in [-0.39, 0.29) is 19.1 Å². The van der Waals surface area contributed by atoms with Crippen LogP contribution in [0.25, 0.3) is 0 Å². The van der Waals surface area contributed by atoms with Crippen LogP contribution in [0.1, 0.15) is 58.4 Å². The van der Waals surface area contributed by atoms with Gasteiger partial charge in [-0.05, 0) is 50.3 Å².